The summed E-state index contributed by atoms with van der Waals surface area (Å²) in [5, 5.41) is 14.1. The summed E-state index contributed by atoms with van der Waals surface area (Å²) >= 11 is 0. The smallest absolute Gasteiger partial charge is 0.192 e. The molecule has 1 aliphatic carbocycles. The summed E-state index contributed by atoms with van der Waals surface area (Å²) in [4.78, 5) is 0. The maximum atomic E-state index is 10.4. The molecule has 3 nitrogen and oxygen atoms in total. The van der Waals surface area contributed by atoms with E-state index in [1.165, 1.54) is 12.8 Å². The fourth-order valence-corrected chi connectivity index (χ4v) is 3.61. The molecular formula is C16H31NO2Si. The summed E-state index contributed by atoms with van der Waals surface area (Å²) in [5.74, 6) is 0.333. The van der Waals surface area contributed by atoms with Crippen molar-refractivity contribution in [3.63, 3.8) is 0 Å². The van der Waals surface area contributed by atoms with E-state index >= 15 is 0 Å². The molecule has 20 heavy (non-hydrogen) atoms. The molecule has 1 heterocycles. The van der Waals surface area contributed by atoms with Gasteiger partial charge in [0.2, 0.25) is 0 Å². The normalized spacial score (nSPS) is 32.2. The third kappa shape index (κ3) is 3.73. The molecule has 2 rings (SSSR count). The van der Waals surface area contributed by atoms with Gasteiger partial charge in [-0.1, -0.05) is 32.9 Å². The predicted molar refractivity (Wildman–Crippen MR) is 86.3 cm³/mol. The molecule has 1 fully saturated rings. The Morgan fingerprint density at radius 3 is 2.65 bits per heavy atom. The number of nitrogens with one attached hydrogen (secondary N) is 1. The van der Waals surface area contributed by atoms with E-state index in [0.717, 1.165) is 13.0 Å². The van der Waals surface area contributed by atoms with Gasteiger partial charge in [0.15, 0.2) is 8.32 Å². The molecule has 2 aliphatic rings. The Hall–Kier alpha value is -0.163. The minimum absolute atomic E-state index is 0.229. The summed E-state index contributed by atoms with van der Waals surface area (Å²) in [6.07, 6.45) is 7.64. The largest absolute Gasteiger partial charge is 0.415 e. The molecule has 0 spiro atoms. The van der Waals surface area contributed by atoms with Gasteiger partial charge in [0, 0.05) is 12.0 Å². The molecule has 0 aromatic heterocycles. The molecule has 0 bridgehead atoms. The molecule has 1 saturated heterocycles. The molecule has 0 aromatic carbocycles. The molecule has 116 valence electrons. The molecule has 0 aromatic rings. The van der Waals surface area contributed by atoms with Gasteiger partial charge in [-0.15, -0.1) is 0 Å². The van der Waals surface area contributed by atoms with Crippen LogP contribution in [-0.4, -0.2) is 38.2 Å². The molecule has 0 saturated carbocycles. The third-order valence-electron chi connectivity index (χ3n) is 5.26. The van der Waals surface area contributed by atoms with E-state index in [2.05, 4.69) is 51.3 Å². The van der Waals surface area contributed by atoms with Crippen LogP contribution in [0.25, 0.3) is 0 Å². The van der Waals surface area contributed by atoms with E-state index in [-0.39, 0.29) is 17.2 Å². The Kier molecular flexibility index (Phi) is 4.79. The van der Waals surface area contributed by atoms with E-state index < -0.39 is 8.32 Å². The first-order valence-electron chi connectivity index (χ1n) is 7.97. The summed E-state index contributed by atoms with van der Waals surface area (Å²) in [5.41, 5.74) is 0. The lowest BCUT2D eigenvalue weighted by Gasteiger charge is -2.36. The Balaban J connectivity index is 1.78. The standard InChI is InChI=1S/C16H31NO2Si/c1-16(2,3)20(4,5)19-11-13-14(17-13)15(18)12-9-7-6-8-10-12/h7,9,12-15,17-18H,6,8,10-11H2,1-5H3/t12-,13-,14+,15+/m1/s1. The maximum absolute atomic E-state index is 10.4. The second kappa shape index (κ2) is 5.91. The van der Waals surface area contributed by atoms with Crippen LogP contribution in [0.2, 0.25) is 18.1 Å². The summed E-state index contributed by atoms with van der Waals surface area (Å²) in [7, 11) is -1.67. The van der Waals surface area contributed by atoms with E-state index in [0.29, 0.717) is 12.0 Å². The second-order valence-corrected chi connectivity index (χ2v) is 12.7. The van der Waals surface area contributed by atoms with Crippen molar-refractivity contribution in [2.75, 3.05) is 6.61 Å². The highest BCUT2D eigenvalue weighted by Gasteiger charge is 2.46. The van der Waals surface area contributed by atoms with Crippen LogP contribution in [0, 0.1) is 5.92 Å². The summed E-state index contributed by atoms with van der Waals surface area (Å²) in [6, 6.07) is 0.571. The first-order valence-corrected chi connectivity index (χ1v) is 10.9. The maximum Gasteiger partial charge on any atom is 0.192 e. The van der Waals surface area contributed by atoms with E-state index in [1.54, 1.807) is 0 Å². The molecule has 4 atom stereocenters. The van der Waals surface area contributed by atoms with Gasteiger partial charge in [0.05, 0.1) is 18.8 Å². The van der Waals surface area contributed by atoms with Crippen molar-refractivity contribution in [2.45, 2.75) is 76.4 Å². The Bertz CT molecular complexity index is 362. The highest BCUT2D eigenvalue weighted by atomic mass is 28.4. The van der Waals surface area contributed by atoms with Crippen molar-refractivity contribution >= 4 is 8.32 Å². The third-order valence-corrected chi connectivity index (χ3v) is 9.76. The molecule has 0 unspecified atom stereocenters. The van der Waals surface area contributed by atoms with Crippen LogP contribution in [0.5, 0.6) is 0 Å². The predicted octanol–water partition coefficient (Wildman–Crippen LogP) is 3.07. The zero-order chi connectivity index (χ0) is 15.0. The van der Waals surface area contributed by atoms with Gasteiger partial charge >= 0.3 is 0 Å². The van der Waals surface area contributed by atoms with Crippen LogP contribution in [0.3, 0.4) is 0 Å². The topological polar surface area (TPSA) is 51.4 Å². The average molecular weight is 298 g/mol. The van der Waals surface area contributed by atoms with Gasteiger partial charge in [-0.25, -0.2) is 0 Å². The number of aliphatic hydroxyl groups is 1. The van der Waals surface area contributed by atoms with Crippen LogP contribution < -0.4 is 5.32 Å². The van der Waals surface area contributed by atoms with Gasteiger partial charge < -0.3 is 14.8 Å². The number of hydrogen-bond donors (Lipinski definition) is 2. The van der Waals surface area contributed by atoms with Gasteiger partial charge in [0.1, 0.15) is 0 Å². The minimum atomic E-state index is -1.67. The lowest BCUT2D eigenvalue weighted by molar-refractivity contribution is 0.116. The number of hydrogen-bond acceptors (Lipinski definition) is 3. The van der Waals surface area contributed by atoms with Crippen LogP contribution in [0.4, 0.5) is 0 Å². The molecule has 4 heteroatoms. The number of rotatable bonds is 5. The second-order valence-electron chi connectivity index (χ2n) is 7.88. The van der Waals surface area contributed by atoms with Crippen LogP contribution >= 0.6 is 0 Å². The van der Waals surface area contributed by atoms with Crippen molar-refractivity contribution in [1.82, 2.24) is 5.32 Å². The van der Waals surface area contributed by atoms with Gasteiger partial charge in [-0.3, -0.25) is 0 Å². The first-order chi connectivity index (χ1) is 9.22. The Morgan fingerprint density at radius 2 is 2.10 bits per heavy atom. The van der Waals surface area contributed by atoms with Crippen LogP contribution in [0.15, 0.2) is 12.2 Å². The minimum Gasteiger partial charge on any atom is -0.415 e. The van der Waals surface area contributed by atoms with E-state index in [9.17, 15) is 5.11 Å². The van der Waals surface area contributed by atoms with Gasteiger partial charge in [-0.05, 0) is 37.4 Å². The molecule has 2 N–H and O–H groups in total. The molecule has 0 radical (unpaired) electrons. The lowest BCUT2D eigenvalue weighted by atomic mass is 9.89. The van der Waals surface area contributed by atoms with Crippen molar-refractivity contribution in [2.24, 2.45) is 5.92 Å². The quantitative estimate of drug-likeness (QED) is 0.466. The molecular weight excluding hydrogens is 266 g/mol. The number of allylic oxidation sites excluding steroid dienone is 1. The van der Waals surface area contributed by atoms with E-state index in [1.807, 2.05) is 0 Å². The zero-order valence-corrected chi connectivity index (χ0v) is 14.6. The Morgan fingerprint density at radius 1 is 1.40 bits per heavy atom. The lowest BCUT2D eigenvalue weighted by Crippen LogP contribution is -2.42. The van der Waals surface area contributed by atoms with E-state index in [4.69, 9.17) is 4.43 Å². The average Bonchev–Trinajstić information content (AvgIpc) is 3.15. The zero-order valence-electron chi connectivity index (χ0n) is 13.6. The summed E-state index contributed by atoms with van der Waals surface area (Å²) < 4.78 is 6.23. The highest BCUT2D eigenvalue weighted by Crippen LogP contribution is 2.37. The first kappa shape index (κ1) is 16.2. The molecule has 1 aliphatic heterocycles. The van der Waals surface area contributed by atoms with Crippen molar-refractivity contribution in [1.29, 1.82) is 0 Å². The van der Waals surface area contributed by atoms with Crippen LogP contribution in [0.1, 0.15) is 40.0 Å². The Labute approximate surface area is 124 Å². The van der Waals surface area contributed by atoms with Crippen molar-refractivity contribution in [3.8, 4) is 0 Å². The van der Waals surface area contributed by atoms with Crippen LogP contribution in [-0.2, 0) is 4.43 Å². The van der Waals surface area contributed by atoms with Gasteiger partial charge in [-0.2, -0.15) is 0 Å². The number of aliphatic hydroxyl groups excluding tert-OH is 1. The molecule has 0 amide bonds. The highest BCUT2D eigenvalue weighted by molar-refractivity contribution is 6.74. The SMILES string of the molecule is CC(C)(C)[Si](C)(C)OC[C@H]1N[C@@H]1[C@@H](O)[C@@H]1C=CCCC1. The monoisotopic (exact) mass is 297 g/mol. The van der Waals surface area contributed by atoms with Crippen molar-refractivity contribution in [3.05, 3.63) is 12.2 Å². The van der Waals surface area contributed by atoms with Gasteiger partial charge in [0.25, 0.3) is 0 Å². The fraction of sp³-hybridized carbons (Fsp3) is 0.875. The summed E-state index contributed by atoms with van der Waals surface area (Å²) in [6.45, 7) is 12.1. The van der Waals surface area contributed by atoms with Crippen molar-refractivity contribution < 1.29 is 9.53 Å². The fourth-order valence-electron chi connectivity index (χ4n) is 2.58.